The van der Waals surface area contributed by atoms with E-state index in [0.29, 0.717) is 12.2 Å². The van der Waals surface area contributed by atoms with Crippen molar-refractivity contribution < 1.29 is 18.0 Å². The van der Waals surface area contributed by atoms with Gasteiger partial charge in [-0.15, -0.1) is 0 Å². The molecular formula is C24H32BrN3O4S. The number of sulfonamides is 1. The summed E-state index contributed by atoms with van der Waals surface area (Å²) in [7, 11) is -3.74. The van der Waals surface area contributed by atoms with Gasteiger partial charge in [-0.25, -0.2) is 8.42 Å². The zero-order chi connectivity index (χ0) is 24.8. The molecule has 2 amide bonds. The topological polar surface area (TPSA) is 86.8 Å². The molecule has 1 N–H and O–H groups in total. The molecule has 0 aliphatic carbocycles. The Kier molecular flexibility index (Phi) is 9.48. The molecule has 2 aromatic rings. The molecule has 0 spiro atoms. The van der Waals surface area contributed by atoms with Gasteiger partial charge in [0.2, 0.25) is 21.8 Å². The molecular weight excluding hydrogens is 506 g/mol. The Labute approximate surface area is 205 Å². The number of hydrogen-bond acceptors (Lipinski definition) is 4. The fourth-order valence-corrected chi connectivity index (χ4v) is 4.34. The van der Waals surface area contributed by atoms with Crippen LogP contribution in [-0.4, -0.2) is 50.5 Å². The van der Waals surface area contributed by atoms with E-state index in [-0.39, 0.29) is 18.4 Å². The molecule has 180 valence electrons. The number of halogens is 1. The first-order chi connectivity index (χ1) is 15.4. The van der Waals surface area contributed by atoms with Crippen LogP contribution in [0.25, 0.3) is 0 Å². The van der Waals surface area contributed by atoms with Gasteiger partial charge >= 0.3 is 0 Å². The van der Waals surface area contributed by atoms with Crippen LogP contribution in [0.15, 0.2) is 53.0 Å². The number of benzene rings is 2. The predicted octanol–water partition coefficient (Wildman–Crippen LogP) is 3.71. The average Bonchev–Trinajstić information content (AvgIpc) is 2.74. The van der Waals surface area contributed by atoms with Crippen LogP contribution in [0.4, 0.5) is 5.69 Å². The van der Waals surface area contributed by atoms with Gasteiger partial charge in [0.05, 0.1) is 11.9 Å². The van der Waals surface area contributed by atoms with Crippen molar-refractivity contribution >= 4 is 43.5 Å². The highest BCUT2D eigenvalue weighted by molar-refractivity contribution is 9.10. The van der Waals surface area contributed by atoms with Gasteiger partial charge in [-0.1, -0.05) is 54.0 Å². The first-order valence-corrected chi connectivity index (χ1v) is 13.4. The van der Waals surface area contributed by atoms with E-state index in [4.69, 9.17) is 0 Å². The molecule has 0 heterocycles. The minimum Gasteiger partial charge on any atom is -0.354 e. The van der Waals surface area contributed by atoms with Crippen LogP contribution >= 0.6 is 15.9 Å². The number of rotatable bonds is 10. The van der Waals surface area contributed by atoms with Gasteiger partial charge in [0.15, 0.2) is 0 Å². The molecule has 0 aliphatic heterocycles. The Morgan fingerprint density at radius 3 is 2.18 bits per heavy atom. The van der Waals surface area contributed by atoms with Gasteiger partial charge in [0.1, 0.15) is 12.6 Å². The van der Waals surface area contributed by atoms with E-state index in [1.54, 1.807) is 31.2 Å². The van der Waals surface area contributed by atoms with Gasteiger partial charge in [-0.2, -0.15) is 0 Å². The number of anilines is 1. The van der Waals surface area contributed by atoms with Crippen molar-refractivity contribution in [3.8, 4) is 0 Å². The maximum absolute atomic E-state index is 13.5. The number of aryl methyl sites for hydroxylation is 1. The predicted molar refractivity (Wildman–Crippen MR) is 135 cm³/mol. The van der Waals surface area contributed by atoms with E-state index in [9.17, 15) is 18.0 Å². The summed E-state index contributed by atoms with van der Waals surface area (Å²) in [5.74, 6) is -0.473. The molecule has 0 fully saturated rings. The van der Waals surface area contributed by atoms with E-state index in [1.165, 1.54) is 4.90 Å². The molecule has 0 saturated heterocycles. The van der Waals surface area contributed by atoms with Crippen molar-refractivity contribution in [2.75, 3.05) is 23.7 Å². The summed E-state index contributed by atoms with van der Waals surface area (Å²) in [5.41, 5.74) is 2.25. The van der Waals surface area contributed by atoms with Crippen LogP contribution in [0.3, 0.4) is 0 Å². The molecule has 0 aromatic heterocycles. The highest BCUT2D eigenvalue weighted by atomic mass is 79.9. The van der Waals surface area contributed by atoms with Crippen molar-refractivity contribution in [2.24, 2.45) is 5.92 Å². The lowest BCUT2D eigenvalue weighted by atomic mass is 10.1. The van der Waals surface area contributed by atoms with Crippen molar-refractivity contribution in [3.05, 3.63) is 64.1 Å². The number of amides is 2. The van der Waals surface area contributed by atoms with Crippen molar-refractivity contribution in [1.82, 2.24) is 10.2 Å². The Morgan fingerprint density at radius 2 is 1.64 bits per heavy atom. The normalized spacial score (nSPS) is 12.3. The second-order valence-electron chi connectivity index (χ2n) is 8.51. The highest BCUT2D eigenvalue weighted by Crippen LogP contribution is 2.22. The Balaban J connectivity index is 2.36. The number of carbonyl (C=O) groups excluding carboxylic acids is 2. The summed E-state index contributed by atoms with van der Waals surface area (Å²) in [5, 5.41) is 2.87. The molecule has 2 aromatic carbocycles. The van der Waals surface area contributed by atoms with Crippen LogP contribution in [0, 0.1) is 12.8 Å². The van der Waals surface area contributed by atoms with Gasteiger partial charge in [-0.05, 0) is 55.2 Å². The molecule has 0 aliphatic rings. The van der Waals surface area contributed by atoms with Crippen molar-refractivity contribution in [2.45, 2.75) is 40.3 Å². The standard InChI is InChI=1S/C24H32BrN3O4S/c1-17(2)14-26-24(30)19(4)27(15-20-9-7-6-8-18(20)3)23(29)16-28(33(5,31)32)22-12-10-21(25)11-13-22/h6-13,17,19H,14-16H2,1-5H3,(H,26,30)/t19-/m1/s1. The molecule has 2 rings (SSSR count). The number of carbonyl (C=O) groups is 2. The van der Waals surface area contributed by atoms with Crippen LogP contribution in [-0.2, 0) is 26.2 Å². The molecule has 7 nitrogen and oxygen atoms in total. The summed E-state index contributed by atoms with van der Waals surface area (Å²) in [6.45, 7) is 7.85. The molecule has 0 saturated carbocycles. The first-order valence-electron chi connectivity index (χ1n) is 10.7. The van der Waals surface area contributed by atoms with Gasteiger partial charge in [0, 0.05) is 17.6 Å². The molecule has 1 atom stereocenters. The molecule has 0 unspecified atom stereocenters. The second-order valence-corrected chi connectivity index (χ2v) is 11.3. The Morgan fingerprint density at radius 1 is 1.03 bits per heavy atom. The number of nitrogens with zero attached hydrogens (tertiary/aromatic N) is 2. The molecule has 33 heavy (non-hydrogen) atoms. The first kappa shape index (κ1) is 26.9. The fraction of sp³-hybridized carbons (Fsp3) is 0.417. The summed E-state index contributed by atoms with van der Waals surface area (Å²) in [4.78, 5) is 27.7. The van der Waals surface area contributed by atoms with E-state index < -0.39 is 28.5 Å². The van der Waals surface area contributed by atoms with Crippen LogP contribution < -0.4 is 9.62 Å². The van der Waals surface area contributed by atoms with Gasteiger partial charge in [-0.3, -0.25) is 13.9 Å². The van der Waals surface area contributed by atoms with E-state index in [0.717, 1.165) is 26.2 Å². The highest BCUT2D eigenvalue weighted by Gasteiger charge is 2.30. The third-order valence-corrected chi connectivity index (χ3v) is 6.92. The summed E-state index contributed by atoms with van der Waals surface area (Å²) in [6, 6.07) is 13.5. The minimum atomic E-state index is -3.74. The minimum absolute atomic E-state index is 0.194. The third-order valence-electron chi connectivity index (χ3n) is 5.25. The monoisotopic (exact) mass is 537 g/mol. The lowest BCUT2D eigenvalue weighted by Gasteiger charge is -2.32. The largest absolute Gasteiger partial charge is 0.354 e. The number of hydrogen-bond donors (Lipinski definition) is 1. The lowest BCUT2D eigenvalue weighted by Crippen LogP contribution is -2.51. The van der Waals surface area contributed by atoms with E-state index in [2.05, 4.69) is 21.2 Å². The zero-order valence-electron chi connectivity index (χ0n) is 19.7. The average molecular weight is 539 g/mol. The quantitative estimate of drug-likeness (QED) is 0.500. The summed E-state index contributed by atoms with van der Waals surface area (Å²) < 4.78 is 26.9. The lowest BCUT2D eigenvalue weighted by molar-refractivity contribution is -0.139. The summed E-state index contributed by atoms with van der Waals surface area (Å²) in [6.07, 6.45) is 1.06. The Bertz CT molecular complexity index is 1070. The fourth-order valence-electron chi connectivity index (χ4n) is 3.23. The maximum atomic E-state index is 13.5. The van der Waals surface area contributed by atoms with Crippen molar-refractivity contribution in [1.29, 1.82) is 0 Å². The SMILES string of the molecule is Cc1ccccc1CN(C(=O)CN(c1ccc(Br)cc1)S(C)(=O)=O)[C@H](C)C(=O)NCC(C)C. The maximum Gasteiger partial charge on any atom is 0.244 e. The number of nitrogens with one attached hydrogen (secondary N) is 1. The van der Waals surface area contributed by atoms with E-state index in [1.807, 2.05) is 45.0 Å². The molecule has 0 radical (unpaired) electrons. The van der Waals surface area contributed by atoms with Gasteiger partial charge < -0.3 is 10.2 Å². The molecule has 9 heteroatoms. The van der Waals surface area contributed by atoms with E-state index >= 15 is 0 Å². The van der Waals surface area contributed by atoms with Crippen LogP contribution in [0.1, 0.15) is 31.9 Å². The second kappa shape index (κ2) is 11.7. The van der Waals surface area contributed by atoms with Crippen LogP contribution in [0.2, 0.25) is 0 Å². The smallest absolute Gasteiger partial charge is 0.244 e. The Hall–Kier alpha value is -2.39. The van der Waals surface area contributed by atoms with Crippen LogP contribution in [0.5, 0.6) is 0 Å². The van der Waals surface area contributed by atoms with Crippen molar-refractivity contribution in [3.63, 3.8) is 0 Å². The van der Waals surface area contributed by atoms with Gasteiger partial charge in [0.25, 0.3) is 0 Å². The zero-order valence-corrected chi connectivity index (χ0v) is 22.1. The summed E-state index contributed by atoms with van der Waals surface area (Å²) >= 11 is 3.34. The molecule has 0 bridgehead atoms. The third kappa shape index (κ3) is 7.85.